The SMILES string of the molecule is Oc1c(Cl)cc(/C=N\Nc2nc3ccccc3s2)cc1Cl. The van der Waals surface area contributed by atoms with Crippen LogP contribution in [-0.2, 0) is 0 Å². The number of nitrogens with one attached hydrogen (secondary N) is 1. The molecular formula is C14H9Cl2N3OS. The molecule has 3 aromatic rings. The molecule has 106 valence electrons. The van der Waals surface area contributed by atoms with Gasteiger partial charge in [0.05, 0.1) is 26.5 Å². The molecule has 1 heterocycles. The van der Waals surface area contributed by atoms with E-state index in [-0.39, 0.29) is 15.8 Å². The van der Waals surface area contributed by atoms with E-state index in [4.69, 9.17) is 23.2 Å². The van der Waals surface area contributed by atoms with Crippen LogP contribution in [0.15, 0.2) is 41.5 Å². The number of hydrogen-bond donors (Lipinski definition) is 2. The molecule has 21 heavy (non-hydrogen) atoms. The van der Waals surface area contributed by atoms with Crippen molar-refractivity contribution in [3.63, 3.8) is 0 Å². The van der Waals surface area contributed by atoms with Gasteiger partial charge in [0.25, 0.3) is 0 Å². The van der Waals surface area contributed by atoms with Crippen LogP contribution in [0.1, 0.15) is 5.56 Å². The zero-order valence-electron chi connectivity index (χ0n) is 10.5. The lowest BCUT2D eigenvalue weighted by atomic mass is 10.2. The second-order valence-electron chi connectivity index (χ2n) is 4.19. The number of halogens is 2. The average Bonchev–Trinajstić information content (AvgIpc) is 2.87. The maximum atomic E-state index is 9.48. The first kappa shape index (κ1) is 14.1. The third kappa shape index (κ3) is 3.10. The Kier molecular flexibility index (Phi) is 3.96. The monoisotopic (exact) mass is 337 g/mol. The van der Waals surface area contributed by atoms with Crippen molar-refractivity contribution in [1.29, 1.82) is 0 Å². The van der Waals surface area contributed by atoms with Crippen molar-refractivity contribution in [2.45, 2.75) is 0 Å². The minimum absolute atomic E-state index is 0.130. The van der Waals surface area contributed by atoms with Crippen molar-refractivity contribution in [1.82, 2.24) is 4.98 Å². The number of aromatic hydroxyl groups is 1. The average molecular weight is 338 g/mol. The van der Waals surface area contributed by atoms with Crippen molar-refractivity contribution >= 4 is 56.1 Å². The summed E-state index contributed by atoms with van der Waals surface area (Å²) in [5.74, 6) is -0.130. The molecular weight excluding hydrogens is 329 g/mol. The van der Waals surface area contributed by atoms with Gasteiger partial charge in [-0.05, 0) is 29.8 Å². The van der Waals surface area contributed by atoms with Gasteiger partial charge in [-0.25, -0.2) is 4.98 Å². The third-order valence-electron chi connectivity index (χ3n) is 2.71. The fourth-order valence-corrected chi connectivity index (χ4v) is 3.06. The predicted molar refractivity (Wildman–Crippen MR) is 89.0 cm³/mol. The van der Waals surface area contributed by atoms with Crippen LogP contribution in [0.4, 0.5) is 5.13 Å². The molecule has 2 aromatic carbocycles. The zero-order chi connectivity index (χ0) is 14.8. The summed E-state index contributed by atoms with van der Waals surface area (Å²) in [6, 6.07) is 11.0. The molecule has 0 aliphatic heterocycles. The van der Waals surface area contributed by atoms with Crippen molar-refractivity contribution < 1.29 is 5.11 Å². The summed E-state index contributed by atoms with van der Waals surface area (Å²) in [7, 11) is 0. The third-order valence-corrected chi connectivity index (χ3v) is 4.22. The summed E-state index contributed by atoms with van der Waals surface area (Å²) in [4.78, 5) is 4.39. The lowest BCUT2D eigenvalue weighted by Gasteiger charge is -2.01. The highest BCUT2D eigenvalue weighted by Crippen LogP contribution is 2.32. The van der Waals surface area contributed by atoms with Gasteiger partial charge in [-0.2, -0.15) is 5.10 Å². The Balaban J connectivity index is 1.77. The number of phenols is 1. The maximum absolute atomic E-state index is 9.48. The molecule has 0 spiro atoms. The van der Waals surface area contributed by atoms with Crippen LogP contribution in [0.2, 0.25) is 10.0 Å². The molecule has 0 fully saturated rings. The van der Waals surface area contributed by atoms with E-state index in [1.807, 2.05) is 24.3 Å². The molecule has 0 bridgehead atoms. The quantitative estimate of drug-likeness (QED) is 0.535. The smallest absolute Gasteiger partial charge is 0.204 e. The number of nitrogens with zero attached hydrogens (tertiary/aromatic N) is 2. The highest BCUT2D eigenvalue weighted by Gasteiger charge is 2.05. The molecule has 0 aliphatic rings. The van der Waals surface area contributed by atoms with E-state index in [9.17, 15) is 5.11 Å². The van der Waals surface area contributed by atoms with Gasteiger partial charge in [-0.15, -0.1) is 0 Å². The summed E-state index contributed by atoms with van der Waals surface area (Å²) >= 11 is 13.2. The lowest BCUT2D eigenvalue weighted by Crippen LogP contribution is -1.90. The second-order valence-corrected chi connectivity index (χ2v) is 6.03. The molecule has 0 atom stereocenters. The van der Waals surface area contributed by atoms with E-state index >= 15 is 0 Å². The minimum atomic E-state index is -0.130. The fraction of sp³-hybridized carbons (Fsp3) is 0. The van der Waals surface area contributed by atoms with Gasteiger partial charge in [0.1, 0.15) is 0 Å². The van der Waals surface area contributed by atoms with Gasteiger partial charge in [-0.3, -0.25) is 5.43 Å². The van der Waals surface area contributed by atoms with Gasteiger partial charge in [-0.1, -0.05) is 46.7 Å². The summed E-state index contributed by atoms with van der Waals surface area (Å²) in [6.07, 6.45) is 1.56. The molecule has 1 aromatic heterocycles. The molecule has 3 rings (SSSR count). The Labute approximate surface area is 134 Å². The topological polar surface area (TPSA) is 57.5 Å². The van der Waals surface area contributed by atoms with Crippen LogP contribution in [0.5, 0.6) is 5.75 Å². The van der Waals surface area contributed by atoms with E-state index in [1.165, 1.54) is 11.3 Å². The summed E-state index contributed by atoms with van der Waals surface area (Å²) in [5, 5.41) is 14.6. The van der Waals surface area contributed by atoms with Crippen LogP contribution in [-0.4, -0.2) is 16.3 Å². The molecule has 2 N–H and O–H groups in total. The van der Waals surface area contributed by atoms with E-state index in [0.29, 0.717) is 10.7 Å². The zero-order valence-corrected chi connectivity index (χ0v) is 12.9. The number of thiazole rings is 1. The number of hydrogen-bond acceptors (Lipinski definition) is 5. The standard InChI is InChI=1S/C14H9Cl2N3OS/c15-9-5-8(6-10(16)13(9)20)7-17-19-14-18-11-3-1-2-4-12(11)21-14/h1-7,20H,(H,18,19)/b17-7-. The Morgan fingerprint density at radius 2 is 1.90 bits per heavy atom. The van der Waals surface area contributed by atoms with Crippen LogP contribution < -0.4 is 5.43 Å². The Hall–Kier alpha value is -1.82. The largest absolute Gasteiger partial charge is 0.505 e. The number of fused-ring (bicyclic) bond motifs is 1. The molecule has 0 amide bonds. The van der Waals surface area contributed by atoms with E-state index in [2.05, 4.69) is 15.5 Å². The number of rotatable bonds is 3. The van der Waals surface area contributed by atoms with E-state index in [0.717, 1.165) is 10.2 Å². The summed E-state index contributed by atoms with van der Waals surface area (Å²) in [5.41, 5.74) is 4.47. The second kappa shape index (κ2) is 5.89. The Morgan fingerprint density at radius 3 is 2.62 bits per heavy atom. The van der Waals surface area contributed by atoms with Crippen LogP contribution >= 0.6 is 34.5 Å². The molecule has 0 saturated heterocycles. The first-order chi connectivity index (χ1) is 10.1. The number of para-hydroxylation sites is 1. The first-order valence-electron chi connectivity index (χ1n) is 5.96. The van der Waals surface area contributed by atoms with E-state index in [1.54, 1.807) is 18.3 Å². The lowest BCUT2D eigenvalue weighted by molar-refractivity contribution is 0.476. The normalized spacial score (nSPS) is 11.3. The molecule has 0 saturated carbocycles. The number of anilines is 1. The van der Waals surface area contributed by atoms with Gasteiger partial charge in [0, 0.05) is 0 Å². The number of benzene rings is 2. The number of hydrazone groups is 1. The van der Waals surface area contributed by atoms with Crippen LogP contribution in [0.3, 0.4) is 0 Å². The van der Waals surface area contributed by atoms with Crippen LogP contribution in [0.25, 0.3) is 10.2 Å². The molecule has 4 nitrogen and oxygen atoms in total. The van der Waals surface area contributed by atoms with Crippen molar-refractivity contribution in [3.8, 4) is 5.75 Å². The Bertz CT molecular complexity index is 776. The molecule has 0 radical (unpaired) electrons. The molecule has 0 unspecified atom stereocenters. The van der Waals surface area contributed by atoms with Crippen molar-refractivity contribution in [2.75, 3.05) is 5.43 Å². The molecule has 7 heteroatoms. The Morgan fingerprint density at radius 1 is 1.19 bits per heavy atom. The highest BCUT2D eigenvalue weighted by molar-refractivity contribution is 7.22. The maximum Gasteiger partial charge on any atom is 0.204 e. The van der Waals surface area contributed by atoms with Gasteiger partial charge in [0.15, 0.2) is 5.75 Å². The van der Waals surface area contributed by atoms with E-state index < -0.39 is 0 Å². The van der Waals surface area contributed by atoms with Gasteiger partial charge in [0.2, 0.25) is 5.13 Å². The van der Waals surface area contributed by atoms with Crippen LogP contribution in [0, 0.1) is 0 Å². The summed E-state index contributed by atoms with van der Waals surface area (Å²) in [6.45, 7) is 0. The number of aromatic nitrogens is 1. The fourth-order valence-electron chi connectivity index (χ4n) is 1.74. The molecule has 0 aliphatic carbocycles. The first-order valence-corrected chi connectivity index (χ1v) is 7.53. The van der Waals surface area contributed by atoms with Gasteiger partial charge >= 0.3 is 0 Å². The van der Waals surface area contributed by atoms with Gasteiger partial charge < -0.3 is 5.11 Å². The van der Waals surface area contributed by atoms with Crippen molar-refractivity contribution in [2.24, 2.45) is 5.10 Å². The predicted octanol–water partition coefficient (Wildman–Crippen LogP) is 4.75. The number of phenolic OH excluding ortho intramolecular Hbond substituents is 1. The highest BCUT2D eigenvalue weighted by atomic mass is 35.5. The van der Waals surface area contributed by atoms with Crippen molar-refractivity contribution in [3.05, 3.63) is 52.0 Å². The minimum Gasteiger partial charge on any atom is -0.505 e. The summed E-state index contributed by atoms with van der Waals surface area (Å²) < 4.78 is 1.09.